The Morgan fingerprint density at radius 3 is 2.40 bits per heavy atom. The third kappa shape index (κ3) is 5.66. The summed E-state index contributed by atoms with van der Waals surface area (Å²) in [6.45, 7) is 1.83. The van der Waals surface area contributed by atoms with Crippen molar-refractivity contribution in [2.45, 2.75) is 32.2 Å². The molecule has 6 nitrogen and oxygen atoms in total. The molecule has 3 N–H and O–H groups in total. The largest absolute Gasteiger partial charge is 0.453 e. The second kappa shape index (κ2) is 6.80. The summed E-state index contributed by atoms with van der Waals surface area (Å²) >= 11 is 0. The quantitative estimate of drug-likeness (QED) is 0.650. The van der Waals surface area contributed by atoms with E-state index in [1.54, 1.807) is 0 Å². The lowest BCUT2D eigenvalue weighted by atomic mass is 10.1. The number of Topliss-reactive ketones (excluding diaryl/α,β-unsaturated/α-hetero) is 1. The Kier molecular flexibility index (Phi) is 6.08. The minimum atomic E-state index is -0.880. The smallest absolute Gasteiger partial charge is 0.407 e. The normalized spacial score (nSPS) is 11.6. The summed E-state index contributed by atoms with van der Waals surface area (Å²) in [4.78, 5) is 33.0. The van der Waals surface area contributed by atoms with Crippen molar-refractivity contribution in [2.75, 3.05) is 7.11 Å². The molecule has 0 aliphatic rings. The van der Waals surface area contributed by atoms with Gasteiger partial charge < -0.3 is 15.8 Å². The molecule has 0 aromatic carbocycles. The number of ether oxygens (including phenoxy) is 1. The molecule has 0 bridgehead atoms. The summed E-state index contributed by atoms with van der Waals surface area (Å²) in [5.41, 5.74) is 4.96. The van der Waals surface area contributed by atoms with E-state index in [0.717, 1.165) is 0 Å². The van der Waals surface area contributed by atoms with E-state index in [9.17, 15) is 14.4 Å². The number of methoxy groups -OCH3 is 1. The zero-order chi connectivity index (χ0) is 11.8. The lowest BCUT2D eigenvalue weighted by Gasteiger charge is -2.14. The number of nitrogens with two attached hydrogens (primary N) is 1. The maximum absolute atomic E-state index is 11.5. The number of nitrogens with one attached hydrogen (secondary N) is 1. The summed E-state index contributed by atoms with van der Waals surface area (Å²) in [6, 6.07) is -0.880. The van der Waals surface area contributed by atoms with Gasteiger partial charge in [0.2, 0.25) is 5.91 Å². The summed E-state index contributed by atoms with van der Waals surface area (Å²) < 4.78 is 4.34. The first-order valence-corrected chi connectivity index (χ1v) is 4.66. The molecule has 6 heteroatoms. The zero-order valence-electron chi connectivity index (χ0n) is 8.91. The molecular formula is C9H16N2O4. The van der Waals surface area contributed by atoms with Gasteiger partial charge in [0.1, 0.15) is 0 Å². The third-order valence-corrected chi connectivity index (χ3v) is 1.77. The van der Waals surface area contributed by atoms with Crippen molar-refractivity contribution in [1.29, 1.82) is 0 Å². The fourth-order valence-electron chi connectivity index (χ4n) is 1.07. The predicted molar refractivity (Wildman–Crippen MR) is 53.1 cm³/mol. The summed E-state index contributed by atoms with van der Waals surface area (Å²) in [6.07, 6.45) is -0.00184. The van der Waals surface area contributed by atoms with Crippen LogP contribution in [0.25, 0.3) is 0 Å². The SMILES string of the molecule is CCCC(=O)[C@H](CC(N)=O)NC(=O)OC. The summed E-state index contributed by atoms with van der Waals surface area (Å²) in [5, 5.41) is 2.27. The van der Waals surface area contributed by atoms with Crippen LogP contribution in [0, 0.1) is 0 Å². The van der Waals surface area contributed by atoms with Gasteiger partial charge in [-0.25, -0.2) is 4.79 Å². The molecule has 15 heavy (non-hydrogen) atoms. The molecule has 0 heterocycles. The number of carbonyl (C=O) groups is 3. The second-order valence-corrected chi connectivity index (χ2v) is 3.08. The molecule has 0 saturated carbocycles. The number of ketones is 1. The van der Waals surface area contributed by atoms with E-state index < -0.39 is 18.0 Å². The van der Waals surface area contributed by atoms with E-state index in [2.05, 4.69) is 10.1 Å². The molecule has 0 aliphatic heterocycles. The number of hydrogen-bond donors (Lipinski definition) is 2. The van der Waals surface area contributed by atoms with E-state index in [4.69, 9.17) is 5.73 Å². The standard InChI is InChI=1S/C9H16N2O4/c1-3-4-7(12)6(5-8(10)13)11-9(14)15-2/h6H,3-5H2,1-2H3,(H2,10,13)(H,11,14)/t6-/m0/s1. The van der Waals surface area contributed by atoms with Crippen LogP contribution in [0.15, 0.2) is 0 Å². The van der Waals surface area contributed by atoms with Crippen LogP contribution in [0.4, 0.5) is 4.79 Å². The third-order valence-electron chi connectivity index (χ3n) is 1.77. The van der Waals surface area contributed by atoms with Crippen molar-refractivity contribution in [2.24, 2.45) is 5.73 Å². The number of rotatable bonds is 6. The Bertz CT molecular complexity index is 252. The first kappa shape index (κ1) is 13.4. The molecule has 2 amide bonds. The average Bonchev–Trinajstić information content (AvgIpc) is 2.16. The Labute approximate surface area is 88.1 Å². The average molecular weight is 216 g/mol. The van der Waals surface area contributed by atoms with Crippen molar-refractivity contribution in [3.8, 4) is 0 Å². The van der Waals surface area contributed by atoms with Crippen LogP contribution >= 0.6 is 0 Å². The maximum Gasteiger partial charge on any atom is 0.407 e. The van der Waals surface area contributed by atoms with Gasteiger partial charge in [-0.3, -0.25) is 9.59 Å². The first-order chi connectivity index (χ1) is 7.01. The number of alkyl carbamates (subject to hydrolysis) is 1. The van der Waals surface area contributed by atoms with Gasteiger partial charge in [0.25, 0.3) is 0 Å². The molecule has 0 unspecified atom stereocenters. The van der Waals surface area contributed by atoms with Crippen LogP contribution < -0.4 is 11.1 Å². The predicted octanol–water partition coefficient (Wildman–Crippen LogP) is -0.0444. The van der Waals surface area contributed by atoms with Gasteiger partial charge in [0.05, 0.1) is 19.6 Å². The highest BCUT2D eigenvalue weighted by Gasteiger charge is 2.21. The highest BCUT2D eigenvalue weighted by molar-refractivity contribution is 5.91. The van der Waals surface area contributed by atoms with Crippen LogP contribution in [0.1, 0.15) is 26.2 Å². The van der Waals surface area contributed by atoms with Gasteiger partial charge in [0, 0.05) is 6.42 Å². The summed E-state index contributed by atoms with van der Waals surface area (Å²) in [5.74, 6) is -0.859. The molecule has 0 rings (SSSR count). The molecular weight excluding hydrogens is 200 g/mol. The van der Waals surface area contributed by atoms with Gasteiger partial charge in [-0.2, -0.15) is 0 Å². The molecule has 0 aromatic heterocycles. The lowest BCUT2D eigenvalue weighted by molar-refractivity contribution is -0.125. The molecule has 0 spiro atoms. The molecule has 0 aliphatic carbocycles. The monoisotopic (exact) mass is 216 g/mol. The van der Waals surface area contributed by atoms with Crippen molar-refractivity contribution < 1.29 is 19.1 Å². The molecule has 1 atom stereocenters. The minimum Gasteiger partial charge on any atom is -0.453 e. The van der Waals surface area contributed by atoms with E-state index in [-0.39, 0.29) is 12.2 Å². The van der Waals surface area contributed by atoms with Gasteiger partial charge in [0.15, 0.2) is 5.78 Å². The molecule has 0 saturated heterocycles. The number of carbonyl (C=O) groups excluding carboxylic acids is 3. The zero-order valence-corrected chi connectivity index (χ0v) is 8.91. The van der Waals surface area contributed by atoms with Gasteiger partial charge >= 0.3 is 6.09 Å². The fourth-order valence-corrected chi connectivity index (χ4v) is 1.07. The molecule has 0 aromatic rings. The van der Waals surface area contributed by atoms with Crippen LogP contribution in [0.2, 0.25) is 0 Å². The Balaban J connectivity index is 4.36. The van der Waals surface area contributed by atoms with E-state index in [0.29, 0.717) is 12.8 Å². The molecule has 0 fully saturated rings. The maximum atomic E-state index is 11.5. The van der Waals surface area contributed by atoms with Crippen LogP contribution in [-0.4, -0.2) is 30.9 Å². The number of amides is 2. The Morgan fingerprint density at radius 2 is 2.00 bits per heavy atom. The van der Waals surface area contributed by atoms with Gasteiger partial charge in [-0.15, -0.1) is 0 Å². The number of hydrogen-bond acceptors (Lipinski definition) is 4. The highest BCUT2D eigenvalue weighted by Crippen LogP contribution is 2.00. The van der Waals surface area contributed by atoms with Crippen LogP contribution in [0.5, 0.6) is 0 Å². The van der Waals surface area contributed by atoms with Crippen molar-refractivity contribution in [1.82, 2.24) is 5.32 Å². The first-order valence-electron chi connectivity index (χ1n) is 4.66. The number of primary amides is 1. The van der Waals surface area contributed by atoms with E-state index in [1.165, 1.54) is 7.11 Å². The van der Waals surface area contributed by atoms with Gasteiger partial charge in [-0.05, 0) is 6.42 Å². The highest BCUT2D eigenvalue weighted by atomic mass is 16.5. The second-order valence-electron chi connectivity index (χ2n) is 3.08. The minimum absolute atomic E-state index is 0.200. The molecule has 0 radical (unpaired) electrons. The van der Waals surface area contributed by atoms with Crippen LogP contribution in [-0.2, 0) is 14.3 Å². The lowest BCUT2D eigenvalue weighted by Crippen LogP contribution is -2.43. The fraction of sp³-hybridized carbons (Fsp3) is 0.667. The van der Waals surface area contributed by atoms with Crippen molar-refractivity contribution >= 4 is 17.8 Å². The Hall–Kier alpha value is -1.59. The topological polar surface area (TPSA) is 98.5 Å². The van der Waals surface area contributed by atoms with E-state index >= 15 is 0 Å². The van der Waals surface area contributed by atoms with Crippen molar-refractivity contribution in [3.63, 3.8) is 0 Å². The molecule has 86 valence electrons. The van der Waals surface area contributed by atoms with E-state index in [1.807, 2.05) is 6.92 Å². The Morgan fingerprint density at radius 1 is 1.40 bits per heavy atom. The summed E-state index contributed by atoms with van der Waals surface area (Å²) in [7, 11) is 1.18. The van der Waals surface area contributed by atoms with Gasteiger partial charge in [-0.1, -0.05) is 6.92 Å². The van der Waals surface area contributed by atoms with Crippen LogP contribution in [0.3, 0.4) is 0 Å². The van der Waals surface area contributed by atoms with Crippen molar-refractivity contribution in [3.05, 3.63) is 0 Å².